The number of benzene rings is 1. The van der Waals surface area contributed by atoms with E-state index in [1.807, 2.05) is 32.0 Å². The minimum atomic E-state index is -0.692. The molecular formula is C17H26O. The van der Waals surface area contributed by atoms with Crippen LogP contribution in [0.1, 0.15) is 52.0 Å². The number of rotatable bonds is 6. The Morgan fingerprint density at radius 1 is 1.17 bits per heavy atom. The van der Waals surface area contributed by atoms with Gasteiger partial charge in [-0.1, -0.05) is 70.2 Å². The summed E-state index contributed by atoms with van der Waals surface area (Å²) in [7, 11) is 0. The third-order valence-electron chi connectivity index (χ3n) is 4.01. The molecule has 0 heterocycles. The fraction of sp³-hybridized carbons (Fsp3) is 0.529. The molecule has 1 N–H and O–H groups in total. The zero-order valence-electron chi connectivity index (χ0n) is 12.1. The van der Waals surface area contributed by atoms with E-state index in [0.717, 1.165) is 18.4 Å². The molecule has 0 radical (unpaired) electrons. The van der Waals surface area contributed by atoms with Gasteiger partial charge >= 0.3 is 0 Å². The second-order valence-corrected chi connectivity index (χ2v) is 5.38. The summed E-state index contributed by atoms with van der Waals surface area (Å²) >= 11 is 0. The van der Waals surface area contributed by atoms with Crippen LogP contribution in [0.5, 0.6) is 0 Å². The van der Waals surface area contributed by atoms with Gasteiger partial charge in [-0.2, -0.15) is 0 Å². The molecule has 1 nitrogen and oxygen atoms in total. The van der Waals surface area contributed by atoms with Gasteiger partial charge in [-0.15, -0.1) is 0 Å². The predicted octanol–water partition coefficient (Wildman–Crippen LogP) is 4.53. The lowest BCUT2D eigenvalue weighted by atomic mass is 9.72. The largest absolute Gasteiger partial charge is 0.389 e. The van der Waals surface area contributed by atoms with E-state index < -0.39 is 5.60 Å². The molecule has 0 saturated carbocycles. The second kappa shape index (κ2) is 6.19. The highest BCUT2D eigenvalue weighted by molar-refractivity contribution is 5.32. The zero-order chi connectivity index (χ0) is 13.8. The lowest BCUT2D eigenvalue weighted by Gasteiger charge is -2.38. The van der Waals surface area contributed by atoms with Crippen LogP contribution in [-0.4, -0.2) is 10.7 Å². The van der Waals surface area contributed by atoms with Gasteiger partial charge in [-0.3, -0.25) is 0 Å². The van der Waals surface area contributed by atoms with Crippen LogP contribution < -0.4 is 0 Å². The molecule has 0 spiro atoms. The second-order valence-electron chi connectivity index (χ2n) is 5.38. The van der Waals surface area contributed by atoms with Crippen molar-refractivity contribution in [3.8, 4) is 0 Å². The van der Waals surface area contributed by atoms with Crippen molar-refractivity contribution in [2.24, 2.45) is 5.92 Å². The summed E-state index contributed by atoms with van der Waals surface area (Å²) < 4.78 is 0. The molecule has 1 aromatic carbocycles. The van der Waals surface area contributed by atoms with E-state index in [1.165, 1.54) is 5.56 Å². The van der Waals surface area contributed by atoms with Gasteiger partial charge in [0.15, 0.2) is 0 Å². The van der Waals surface area contributed by atoms with Crippen LogP contribution in [-0.2, 0) is 0 Å². The maximum atomic E-state index is 10.9. The molecule has 0 fully saturated rings. The average molecular weight is 246 g/mol. The van der Waals surface area contributed by atoms with Crippen molar-refractivity contribution in [2.75, 3.05) is 0 Å². The molecule has 0 amide bonds. The van der Waals surface area contributed by atoms with Gasteiger partial charge < -0.3 is 5.11 Å². The maximum absolute atomic E-state index is 10.9. The van der Waals surface area contributed by atoms with E-state index in [0.29, 0.717) is 5.92 Å². The van der Waals surface area contributed by atoms with Crippen molar-refractivity contribution < 1.29 is 5.11 Å². The number of hydrogen-bond donors (Lipinski definition) is 1. The van der Waals surface area contributed by atoms with Crippen LogP contribution in [0.4, 0.5) is 0 Å². The highest BCUT2D eigenvalue weighted by atomic mass is 16.3. The Bertz CT molecular complexity index is 374. The van der Waals surface area contributed by atoms with Crippen LogP contribution in [0, 0.1) is 5.92 Å². The summed E-state index contributed by atoms with van der Waals surface area (Å²) in [5.74, 6) is 0.397. The number of aliphatic hydroxyl groups is 1. The van der Waals surface area contributed by atoms with Crippen LogP contribution in [0.15, 0.2) is 42.5 Å². The summed E-state index contributed by atoms with van der Waals surface area (Å²) in [5.41, 5.74) is 1.60. The van der Waals surface area contributed by atoms with Gasteiger partial charge in [-0.25, -0.2) is 0 Å². The first kappa shape index (κ1) is 15.0. The van der Waals surface area contributed by atoms with Gasteiger partial charge in [0, 0.05) is 5.92 Å². The van der Waals surface area contributed by atoms with Crippen LogP contribution >= 0.6 is 0 Å². The minimum absolute atomic E-state index is 0.0219. The molecule has 100 valence electrons. The summed E-state index contributed by atoms with van der Waals surface area (Å²) in [6, 6.07) is 10.3. The Hall–Kier alpha value is -1.08. The van der Waals surface area contributed by atoms with E-state index >= 15 is 0 Å². The third kappa shape index (κ3) is 3.02. The smallest absolute Gasteiger partial charge is 0.0747 e. The molecule has 1 unspecified atom stereocenters. The molecule has 0 aliphatic rings. The fourth-order valence-electron chi connectivity index (χ4n) is 2.51. The quantitative estimate of drug-likeness (QED) is 0.731. The Balaban J connectivity index is 3.23. The molecule has 18 heavy (non-hydrogen) atoms. The molecule has 0 aromatic heterocycles. The average Bonchev–Trinajstić information content (AvgIpc) is 2.39. The summed E-state index contributed by atoms with van der Waals surface area (Å²) in [5, 5.41) is 10.9. The summed E-state index contributed by atoms with van der Waals surface area (Å²) in [6.45, 7) is 12.6. The number of hydrogen-bond acceptors (Lipinski definition) is 1. The molecule has 0 aliphatic heterocycles. The van der Waals surface area contributed by atoms with Gasteiger partial charge in [0.05, 0.1) is 5.60 Å². The Labute approximate surface area is 112 Å². The summed E-state index contributed by atoms with van der Waals surface area (Å²) in [4.78, 5) is 0. The standard InChI is InChI=1S/C17H26O/c1-6-17(18,7-2)16(14(5)13(3)4)15-11-9-8-10-12-15/h8-13,16,18H,5-7H2,1-4H3. The van der Waals surface area contributed by atoms with Crippen molar-refractivity contribution in [3.63, 3.8) is 0 Å². The van der Waals surface area contributed by atoms with Crippen LogP contribution in [0.3, 0.4) is 0 Å². The van der Waals surface area contributed by atoms with E-state index in [9.17, 15) is 5.11 Å². The molecule has 0 saturated heterocycles. The van der Waals surface area contributed by atoms with Crippen LogP contribution in [0.2, 0.25) is 0 Å². The van der Waals surface area contributed by atoms with Crippen molar-refractivity contribution in [2.45, 2.75) is 52.1 Å². The van der Waals surface area contributed by atoms with E-state index in [2.05, 4.69) is 32.6 Å². The lowest BCUT2D eigenvalue weighted by molar-refractivity contribution is 0.0126. The molecule has 1 aromatic rings. The highest BCUT2D eigenvalue weighted by Gasteiger charge is 2.36. The Kier molecular flexibility index (Phi) is 5.15. The van der Waals surface area contributed by atoms with Crippen LogP contribution in [0.25, 0.3) is 0 Å². The first-order valence-electron chi connectivity index (χ1n) is 6.92. The fourth-order valence-corrected chi connectivity index (χ4v) is 2.51. The zero-order valence-corrected chi connectivity index (χ0v) is 12.1. The van der Waals surface area contributed by atoms with E-state index in [4.69, 9.17) is 0 Å². The van der Waals surface area contributed by atoms with Gasteiger partial charge in [0.1, 0.15) is 0 Å². The molecule has 1 rings (SSSR count). The van der Waals surface area contributed by atoms with Crippen molar-refractivity contribution >= 4 is 0 Å². The first-order valence-corrected chi connectivity index (χ1v) is 6.92. The normalized spacial score (nSPS) is 13.7. The first-order chi connectivity index (χ1) is 8.46. The molecule has 1 atom stereocenters. The molecular weight excluding hydrogens is 220 g/mol. The van der Waals surface area contributed by atoms with Gasteiger partial charge in [0.2, 0.25) is 0 Å². The molecule has 1 heteroatoms. The monoisotopic (exact) mass is 246 g/mol. The minimum Gasteiger partial charge on any atom is -0.389 e. The SMILES string of the molecule is C=C(C(C)C)C(c1ccccc1)C(O)(CC)CC. The maximum Gasteiger partial charge on any atom is 0.0747 e. The van der Waals surface area contributed by atoms with Crippen molar-refractivity contribution in [3.05, 3.63) is 48.0 Å². The molecule has 0 aliphatic carbocycles. The van der Waals surface area contributed by atoms with Crippen molar-refractivity contribution in [1.29, 1.82) is 0 Å². The third-order valence-corrected chi connectivity index (χ3v) is 4.01. The van der Waals surface area contributed by atoms with E-state index in [1.54, 1.807) is 0 Å². The van der Waals surface area contributed by atoms with Gasteiger partial charge in [0.25, 0.3) is 0 Å². The van der Waals surface area contributed by atoms with Gasteiger partial charge in [-0.05, 0) is 24.3 Å². The Morgan fingerprint density at radius 2 is 1.67 bits per heavy atom. The lowest BCUT2D eigenvalue weighted by Crippen LogP contribution is -2.36. The predicted molar refractivity (Wildman–Crippen MR) is 78.7 cm³/mol. The topological polar surface area (TPSA) is 20.2 Å². The van der Waals surface area contributed by atoms with E-state index in [-0.39, 0.29) is 5.92 Å². The van der Waals surface area contributed by atoms with Crippen molar-refractivity contribution in [1.82, 2.24) is 0 Å². The summed E-state index contributed by atoms with van der Waals surface area (Å²) in [6.07, 6.45) is 1.49. The Morgan fingerprint density at radius 3 is 2.06 bits per heavy atom. The highest BCUT2D eigenvalue weighted by Crippen LogP contribution is 2.41. The molecule has 0 bridgehead atoms.